The second-order valence-corrected chi connectivity index (χ2v) is 8.47. The molecule has 0 heterocycles. The van der Waals surface area contributed by atoms with Crippen LogP contribution >= 0.6 is 0 Å². The predicted octanol–water partition coefficient (Wildman–Crippen LogP) is 2.12. The molecule has 3 unspecified atom stereocenters. The summed E-state index contributed by atoms with van der Waals surface area (Å²) < 4.78 is 27.1. The molecule has 1 rings (SSSR count). The molecule has 5 heteroatoms. The molecule has 4 nitrogen and oxygen atoms in total. The summed E-state index contributed by atoms with van der Waals surface area (Å²) in [5, 5.41) is 2.80. The van der Waals surface area contributed by atoms with Crippen molar-refractivity contribution in [1.82, 2.24) is 10.0 Å². The Morgan fingerprint density at radius 3 is 2.37 bits per heavy atom. The molecule has 1 aliphatic rings. The molecule has 1 saturated carbocycles. The van der Waals surface area contributed by atoms with E-state index in [2.05, 4.69) is 17.0 Å². The maximum absolute atomic E-state index is 12.1. The lowest BCUT2D eigenvalue weighted by Gasteiger charge is -2.29. The van der Waals surface area contributed by atoms with Crippen molar-refractivity contribution in [1.29, 1.82) is 0 Å². The van der Waals surface area contributed by atoms with Crippen LogP contribution in [0.15, 0.2) is 0 Å². The van der Waals surface area contributed by atoms with Gasteiger partial charge in [-0.25, -0.2) is 13.1 Å². The highest BCUT2D eigenvalue weighted by Crippen LogP contribution is 2.29. The van der Waals surface area contributed by atoms with Gasteiger partial charge in [-0.1, -0.05) is 40.0 Å². The van der Waals surface area contributed by atoms with Crippen molar-refractivity contribution < 1.29 is 8.42 Å². The van der Waals surface area contributed by atoms with Crippen molar-refractivity contribution in [3.05, 3.63) is 0 Å². The molecule has 0 aromatic rings. The zero-order valence-corrected chi connectivity index (χ0v) is 13.6. The first kappa shape index (κ1) is 16.9. The van der Waals surface area contributed by atoms with Crippen molar-refractivity contribution in [2.24, 2.45) is 11.8 Å². The Bertz CT molecular complexity index is 354. The van der Waals surface area contributed by atoms with E-state index in [-0.39, 0.29) is 5.25 Å². The molecule has 0 saturated heterocycles. The second kappa shape index (κ2) is 7.60. The van der Waals surface area contributed by atoms with Gasteiger partial charge < -0.3 is 5.32 Å². The van der Waals surface area contributed by atoms with E-state index in [9.17, 15) is 8.42 Å². The average molecular weight is 290 g/mol. The first-order valence-corrected chi connectivity index (χ1v) is 9.09. The van der Waals surface area contributed by atoms with Crippen LogP contribution in [0, 0.1) is 11.8 Å². The summed E-state index contributed by atoms with van der Waals surface area (Å²) in [6.45, 7) is 9.17. The maximum atomic E-state index is 12.1. The van der Waals surface area contributed by atoms with Crippen LogP contribution in [0.1, 0.15) is 53.4 Å². The molecule has 2 N–H and O–H groups in total. The van der Waals surface area contributed by atoms with Crippen molar-refractivity contribution in [3.8, 4) is 0 Å². The Kier molecular flexibility index (Phi) is 6.77. The van der Waals surface area contributed by atoms with Gasteiger partial charge in [0.05, 0.1) is 5.25 Å². The van der Waals surface area contributed by atoms with Gasteiger partial charge in [0.1, 0.15) is 0 Å². The minimum Gasteiger partial charge on any atom is -0.313 e. The Hall–Kier alpha value is -0.130. The van der Waals surface area contributed by atoms with Crippen molar-refractivity contribution >= 4 is 10.0 Å². The van der Waals surface area contributed by atoms with E-state index in [0.29, 0.717) is 31.0 Å². The highest BCUT2D eigenvalue weighted by molar-refractivity contribution is 7.90. The number of rotatable bonds is 7. The molecule has 0 aliphatic heterocycles. The Balaban J connectivity index is 2.41. The summed E-state index contributed by atoms with van der Waals surface area (Å²) in [6, 6.07) is 0.316. The summed E-state index contributed by atoms with van der Waals surface area (Å²) >= 11 is 0. The fourth-order valence-corrected chi connectivity index (χ4v) is 3.62. The standard InChI is InChI=1S/C14H30N2O2S/c1-11(2)15-9-13(4)19(17,18)16-10-14-8-6-5-7-12(14)3/h11-16H,5-10H2,1-4H3. The molecule has 1 fully saturated rings. The molecule has 114 valence electrons. The molecule has 0 aromatic heterocycles. The second-order valence-electron chi connectivity index (χ2n) is 6.29. The molecule has 0 bridgehead atoms. The quantitative estimate of drug-likeness (QED) is 0.755. The summed E-state index contributed by atoms with van der Waals surface area (Å²) in [5.74, 6) is 1.15. The summed E-state index contributed by atoms with van der Waals surface area (Å²) in [6.07, 6.45) is 4.92. The third-order valence-electron chi connectivity index (χ3n) is 4.18. The van der Waals surface area contributed by atoms with Gasteiger partial charge in [0.25, 0.3) is 0 Å². The lowest BCUT2D eigenvalue weighted by atomic mass is 9.81. The smallest absolute Gasteiger partial charge is 0.215 e. The average Bonchev–Trinajstić information content (AvgIpc) is 2.34. The van der Waals surface area contributed by atoms with Gasteiger partial charge in [-0.05, 0) is 25.2 Å². The van der Waals surface area contributed by atoms with Crippen molar-refractivity contribution in [2.75, 3.05) is 13.1 Å². The van der Waals surface area contributed by atoms with Gasteiger partial charge in [0.15, 0.2) is 0 Å². The number of nitrogens with one attached hydrogen (secondary N) is 2. The lowest BCUT2D eigenvalue weighted by molar-refractivity contribution is 0.257. The molecular formula is C14H30N2O2S. The minimum atomic E-state index is -3.19. The van der Waals surface area contributed by atoms with E-state index in [4.69, 9.17) is 0 Å². The van der Waals surface area contributed by atoms with Crippen LogP contribution in [-0.4, -0.2) is 32.8 Å². The first-order valence-electron chi connectivity index (χ1n) is 7.54. The third-order valence-corrected chi connectivity index (χ3v) is 5.97. The molecule has 1 aliphatic carbocycles. The highest BCUT2D eigenvalue weighted by atomic mass is 32.2. The summed E-state index contributed by atoms with van der Waals surface area (Å²) in [4.78, 5) is 0. The molecule has 19 heavy (non-hydrogen) atoms. The Labute approximate surface area is 118 Å². The predicted molar refractivity (Wildman–Crippen MR) is 80.6 cm³/mol. The highest BCUT2D eigenvalue weighted by Gasteiger charge is 2.25. The van der Waals surface area contributed by atoms with E-state index < -0.39 is 10.0 Å². The van der Waals surface area contributed by atoms with Crippen LogP contribution in [0.2, 0.25) is 0 Å². The number of hydrogen-bond acceptors (Lipinski definition) is 3. The van der Waals surface area contributed by atoms with E-state index in [0.717, 1.165) is 6.42 Å². The minimum absolute atomic E-state index is 0.316. The van der Waals surface area contributed by atoms with Gasteiger partial charge in [-0.15, -0.1) is 0 Å². The zero-order chi connectivity index (χ0) is 14.5. The molecule has 0 radical (unpaired) electrons. The topological polar surface area (TPSA) is 58.2 Å². The normalized spacial score (nSPS) is 26.6. The number of sulfonamides is 1. The monoisotopic (exact) mass is 290 g/mol. The van der Waals surface area contributed by atoms with E-state index in [1.807, 2.05) is 13.8 Å². The van der Waals surface area contributed by atoms with Gasteiger partial charge in [-0.3, -0.25) is 0 Å². The van der Waals surface area contributed by atoms with Gasteiger partial charge in [0, 0.05) is 19.1 Å². The van der Waals surface area contributed by atoms with Gasteiger partial charge >= 0.3 is 0 Å². The zero-order valence-electron chi connectivity index (χ0n) is 12.8. The van der Waals surface area contributed by atoms with Crippen LogP contribution in [0.5, 0.6) is 0 Å². The third kappa shape index (κ3) is 5.79. The molecule has 3 atom stereocenters. The van der Waals surface area contributed by atoms with Gasteiger partial charge in [0.2, 0.25) is 10.0 Å². The lowest BCUT2D eigenvalue weighted by Crippen LogP contribution is -2.43. The molecule has 0 spiro atoms. The molecular weight excluding hydrogens is 260 g/mol. The van der Waals surface area contributed by atoms with Gasteiger partial charge in [-0.2, -0.15) is 0 Å². The first-order chi connectivity index (χ1) is 8.83. The summed E-state index contributed by atoms with van der Waals surface area (Å²) in [5.41, 5.74) is 0. The number of hydrogen-bond donors (Lipinski definition) is 2. The fraction of sp³-hybridized carbons (Fsp3) is 1.00. The van der Waals surface area contributed by atoms with E-state index >= 15 is 0 Å². The largest absolute Gasteiger partial charge is 0.313 e. The van der Waals surface area contributed by atoms with Crippen LogP contribution in [0.3, 0.4) is 0 Å². The fourth-order valence-electron chi connectivity index (χ4n) is 2.57. The van der Waals surface area contributed by atoms with Crippen LogP contribution in [0.4, 0.5) is 0 Å². The SMILES string of the molecule is CC(C)NCC(C)S(=O)(=O)NCC1CCCCC1C. The van der Waals surface area contributed by atoms with Crippen molar-refractivity contribution in [2.45, 2.75) is 64.7 Å². The van der Waals surface area contributed by atoms with Crippen LogP contribution in [0.25, 0.3) is 0 Å². The van der Waals surface area contributed by atoms with E-state index in [1.54, 1.807) is 6.92 Å². The van der Waals surface area contributed by atoms with Crippen LogP contribution in [-0.2, 0) is 10.0 Å². The Morgan fingerprint density at radius 1 is 1.16 bits per heavy atom. The Morgan fingerprint density at radius 2 is 1.79 bits per heavy atom. The van der Waals surface area contributed by atoms with E-state index in [1.165, 1.54) is 19.3 Å². The summed E-state index contributed by atoms with van der Waals surface area (Å²) in [7, 11) is -3.19. The van der Waals surface area contributed by atoms with Crippen molar-refractivity contribution in [3.63, 3.8) is 0 Å². The maximum Gasteiger partial charge on any atom is 0.215 e. The molecule has 0 amide bonds. The molecule has 0 aromatic carbocycles. The van der Waals surface area contributed by atoms with Crippen LogP contribution < -0.4 is 10.0 Å².